The van der Waals surface area contributed by atoms with Gasteiger partial charge in [-0.15, -0.1) is 0 Å². The zero-order chi connectivity index (χ0) is 12.3. The molecule has 16 heavy (non-hydrogen) atoms. The number of rotatable bonds is 4. The number of aliphatic hydroxyl groups excluding tert-OH is 3. The molecular formula is C9H16O7. The summed E-state index contributed by atoms with van der Waals surface area (Å²) >= 11 is 0. The first kappa shape index (κ1) is 13.3. The molecule has 4 N–H and O–H groups in total. The van der Waals surface area contributed by atoms with Crippen molar-refractivity contribution < 1.29 is 34.7 Å². The number of aliphatic hydroxyl groups is 3. The zero-order valence-electron chi connectivity index (χ0n) is 8.81. The molecule has 1 aliphatic heterocycles. The molecule has 3 unspecified atom stereocenters. The molecule has 0 bridgehead atoms. The molecule has 7 nitrogen and oxygen atoms in total. The van der Waals surface area contributed by atoms with Crippen molar-refractivity contribution in [3.8, 4) is 0 Å². The third-order valence-electron chi connectivity index (χ3n) is 2.30. The number of carboxylic acid groups (broad SMARTS) is 1. The van der Waals surface area contributed by atoms with Crippen LogP contribution in [0.3, 0.4) is 0 Å². The molecule has 0 saturated carbocycles. The second kappa shape index (κ2) is 5.55. The monoisotopic (exact) mass is 236 g/mol. The second-order valence-electron chi connectivity index (χ2n) is 3.61. The van der Waals surface area contributed by atoms with E-state index >= 15 is 0 Å². The molecule has 0 aromatic carbocycles. The Morgan fingerprint density at radius 1 is 1.25 bits per heavy atom. The highest BCUT2D eigenvalue weighted by atomic mass is 16.7. The summed E-state index contributed by atoms with van der Waals surface area (Å²) in [6, 6.07) is 0. The van der Waals surface area contributed by atoms with Crippen LogP contribution in [0.15, 0.2) is 0 Å². The Bertz CT molecular complexity index is 244. The topological polar surface area (TPSA) is 116 Å². The molecule has 1 fully saturated rings. The third kappa shape index (κ3) is 2.69. The Labute approximate surface area is 92.2 Å². The van der Waals surface area contributed by atoms with Crippen molar-refractivity contribution >= 4 is 5.97 Å². The van der Waals surface area contributed by atoms with Crippen molar-refractivity contribution in [2.24, 2.45) is 0 Å². The van der Waals surface area contributed by atoms with Crippen LogP contribution in [-0.4, -0.2) is 63.7 Å². The first-order valence-electron chi connectivity index (χ1n) is 5.03. The molecule has 0 aliphatic carbocycles. The van der Waals surface area contributed by atoms with E-state index in [1.165, 1.54) is 0 Å². The lowest BCUT2D eigenvalue weighted by Crippen LogP contribution is -2.60. The van der Waals surface area contributed by atoms with Crippen molar-refractivity contribution in [3.05, 3.63) is 0 Å². The van der Waals surface area contributed by atoms with E-state index in [0.717, 1.165) is 0 Å². The van der Waals surface area contributed by atoms with Gasteiger partial charge in [-0.1, -0.05) is 6.92 Å². The Morgan fingerprint density at radius 2 is 1.88 bits per heavy atom. The summed E-state index contributed by atoms with van der Waals surface area (Å²) in [5, 5.41) is 37.0. The van der Waals surface area contributed by atoms with E-state index in [0.29, 0.717) is 6.42 Å². The van der Waals surface area contributed by atoms with Gasteiger partial charge < -0.3 is 29.9 Å². The van der Waals surface area contributed by atoms with Gasteiger partial charge in [-0.3, -0.25) is 0 Å². The summed E-state index contributed by atoms with van der Waals surface area (Å²) in [6.07, 6.45) is -6.91. The smallest absolute Gasteiger partial charge is 0.335 e. The maximum Gasteiger partial charge on any atom is 0.335 e. The first-order valence-corrected chi connectivity index (χ1v) is 5.03. The van der Waals surface area contributed by atoms with Crippen LogP contribution in [-0.2, 0) is 14.3 Å². The van der Waals surface area contributed by atoms with Crippen molar-refractivity contribution in [1.29, 1.82) is 0 Å². The van der Waals surface area contributed by atoms with Crippen LogP contribution in [0.5, 0.6) is 0 Å². The quantitative estimate of drug-likeness (QED) is 0.460. The minimum Gasteiger partial charge on any atom is -0.479 e. The third-order valence-corrected chi connectivity index (χ3v) is 2.30. The Kier molecular flexibility index (Phi) is 4.63. The van der Waals surface area contributed by atoms with Gasteiger partial charge in [0.2, 0.25) is 0 Å². The van der Waals surface area contributed by atoms with Gasteiger partial charge in [-0.05, 0) is 6.42 Å². The van der Waals surface area contributed by atoms with E-state index in [9.17, 15) is 20.1 Å². The van der Waals surface area contributed by atoms with E-state index in [-0.39, 0.29) is 6.61 Å². The van der Waals surface area contributed by atoms with Crippen LogP contribution in [0, 0.1) is 0 Å². The standard InChI is InChI=1S/C9H16O7/c1-2-3-15-9-6(12)4(10)5(11)7(16-9)8(13)14/h4-7,9-12H,2-3H2,1H3,(H,13,14)/t4-,5?,6?,7?,9+/m0/s1. The summed E-state index contributed by atoms with van der Waals surface area (Å²) < 4.78 is 9.90. The van der Waals surface area contributed by atoms with Gasteiger partial charge in [0, 0.05) is 6.61 Å². The normalized spacial score (nSPS) is 39.6. The van der Waals surface area contributed by atoms with E-state index in [2.05, 4.69) is 0 Å². The summed E-state index contributed by atoms with van der Waals surface area (Å²) in [5.74, 6) is -1.41. The summed E-state index contributed by atoms with van der Waals surface area (Å²) in [5.41, 5.74) is 0. The van der Waals surface area contributed by atoms with Crippen LogP contribution < -0.4 is 0 Å². The zero-order valence-corrected chi connectivity index (χ0v) is 8.81. The van der Waals surface area contributed by atoms with Gasteiger partial charge in [0.25, 0.3) is 0 Å². The summed E-state index contributed by atoms with van der Waals surface area (Å²) in [6.45, 7) is 2.09. The van der Waals surface area contributed by atoms with Gasteiger partial charge in [-0.25, -0.2) is 4.79 Å². The van der Waals surface area contributed by atoms with E-state index < -0.39 is 36.7 Å². The van der Waals surface area contributed by atoms with E-state index in [1.807, 2.05) is 6.92 Å². The molecule has 0 amide bonds. The Hall–Kier alpha value is -0.730. The van der Waals surface area contributed by atoms with Gasteiger partial charge in [0.1, 0.15) is 18.3 Å². The van der Waals surface area contributed by atoms with Gasteiger partial charge in [-0.2, -0.15) is 0 Å². The highest BCUT2D eigenvalue weighted by Crippen LogP contribution is 2.22. The minimum absolute atomic E-state index is 0.261. The molecule has 5 atom stereocenters. The summed E-state index contributed by atoms with van der Waals surface area (Å²) in [7, 11) is 0. The molecule has 1 rings (SSSR count). The van der Waals surface area contributed by atoms with Crippen LogP contribution >= 0.6 is 0 Å². The lowest BCUT2D eigenvalue weighted by atomic mass is 9.99. The number of aliphatic carboxylic acids is 1. The molecular weight excluding hydrogens is 220 g/mol. The van der Waals surface area contributed by atoms with Crippen molar-refractivity contribution in [3.63, 3.8) is 0 Å². The number of hydrogen-bond acceptors (Lipinski definition) is 6. The van der Waals surface area contributed by atoms with Crippen LogP contribution in [0.1, 0.15) is 13.3 Å². The Morgan fingerprint density at radius 3 is 2.38 bits per heavy atom. The maximum absolute atomic E-state index is 10.7. The molecule has 1 aliphatic rings. The average Bonchev–Trinajstić information content (AvgIpc) is 2.24. The molecule has 0 radical (unpaired) electrons. The average molecular weight is 236 g/mol. The van der Waals surface area contributed by atoms with Crippen LogP contribution in [0.25, 0.3) is 0 Å². The predicted molar refractivity (Wildman–Crippen MR) is 50.6 cm³/mol. The number of ether oxygens (including phenoxy) is 2. The molecule has 0 aromatic rings. The largest absolute Gasteiger partial charge is 0.479 e. The number of carboxylic acids is 1. The van der Waals surface area contributed by atoms with E-state index in [1.54, 1.807) is 0 Å². The molecule has 0 spiro atoms. The fourth-order valence-corrected chi connectivity index (χ4v) is 1.42. The van der Waals surface area contributed by atoms with Crippen molar-refractivity contribution in [2.75, 3.05) is 6.61 Å². The minimum atomic E-state index is -1.67. The molecule has 7 heteroatoms. The summed E-state index contributed by atoms with van der Waals surface area (Å²) in [4.78, 5) is 10.7. The molecule has 1 saturated heterocycles. The van der Waals surface area contributed by atoms with Gasteiger partial charge in [0.05, 0.1) is 0 Å². The first-order chi connectivity index (χ1) is 7.49. The molecule has 0 aromatic heterocycles. The van der Waals surface area contributed by atoms with Crippen molar-refractivity contribution in [2.45, 2.75) is 44.1 Å². The maximum atomic E-state index is 10.7. The lowest BCUT2D eigenvalue weighted by molar-refractivity contribution is -0.293. The fourth-order valence-electron chi connectivity index (χ4n) is 1.42. The van der Waals surface area contributed by atoms with Crippen molar-refractivity contribution in [1.82, 2.24) is 0 Å². The molecule has 1 heterocycles. The highest BCUT2D eigenvalue weighted by Gasteiger charge is 2.47. The number of carbonyl (C=O) groups is 1. The number of hydrogen-bond donors (Lipinski definition) is 4. The SMILES string of the molecule is CCCO[C@@H]1OC(C(=O)O)C(O)[C@H](O)C1O. The Balaban J connectivity index is 2.69. The molecule has 94 valence electrons. The van der Waals surface area contributed by atoms with Crippen LogP contribution in [0.4, 0.5) is 0 Å². The predicted octanol–water partition coefficient (Wildman–Crippen LogP) is -1.69. The fraction of sp³-hybridized carbons (Fsp3) is 0.889. The lowest BCUT2D eigenvalue weighted by Gasteiger charge is -2.38. The second-order valence-corrected chi connectivity index (χ2v) is 3.61. The highest BCUT2D eigenvalue weighted by molar-refractivity contribution is 5.73. The van der Waals surface area contributed by atoms with Crippen LogP contribution in [0.2, 0.25) is 0 Å². The van der Waals surface area contributed by atoms with Gasteiger partial charge >= 0.3 is 5.97 Å². The van der Waals surface area contributed by atoms with Gasteiger partial charge in [0.15, 0.2) is 12.4 Å². The van der Waals surface area contributed by atoms with E-state index in [4.69, 9.17) is 14.6 Å².